The van der Waals surface area contributed by atoms with Crippen LogP contribution in [0.25, 0.3) is 0 Å². The molecule has 0 amide bonds. The molecule has 0 aliphatic heterocycles. The number of fused-ring (bicyclic) bond motifs is 7. The summed E-state index contributed by atoms with van der Waals surface area (Å²) in [7, 11) is 0. The van der Waals surface area contributed by atoms with Crippen LogP contribution in [0.1, 0.15) is 100 Å². The highest BCUT2D eigenvalue weighted by molar-refractivity contribution is 5.35. The van der Waals surface area contributed by atoms with Gasteiger partial charge in [0.1, 0.15) is 0 Å². The molecule has 11 atom stereocenters. The fourth-order valence-electron chi connectivity index (χ4n) is 11.2. The molecule has 0 heterocycles. The van der Waals surface area contributed by atoms with E-state index in [1.807, 2.05) is 0 Å². The minimum atomic E-state index is -0.368. The molecule has 1 unspecified atom stereocenters. The van der Waals surface area contributed by atoms with E-state index in [9.17, 15) is 15.3 Å². The number of allylic oxidation sites excluding steroid dienone is 1. The minimum absolute atomic E-state index is 0.00883. The molecule has 3 nitrogen and oxygen atoms in total. The zero-order valence-corrected chi connectivity index (χ0v) is 22.5. The first-order chi connectivity index (χ1) is 15.1. The van der Waals surface area contributed by atoms with Gasteiger partial charge >= 0.3 is 0 Å². The van der Waals surface area contributed by atoms with E-state index in [4.69, 9.17) is 0 Å². The second-order valence-electron chi connectivity index (χ2n) is 15.0. The molecule has 0 saturated heterocycles. The average Bonchev–Trinajstić information content (AvgIpc) is 3.00. The lowest BCUT2D eigenvalue weighted by atomic mass is 9.35. The third kappa shape index (κ3) is 2.80. The van der Waals surface area contributed by atoms with Crippen molar-refractivity contribution in [1.29, 1.82) is 0 Å². The van der Waals surface area contributed by atoms with Gasteiger partial charge in [0, 0.05) is 5.92 Å². The molecule has 4 saturated carbocycles. The van der Waals surface area contributed by atoms with Crippen LogP contribution in [-0.4, -0.2) is 33.6 Å². The van der Waals surface area contributed by atoms with Crippen molar-refractivity contribution >= 4 is 0 Å². The molecule has 0 aromatic carbocycles. The lowest BCUT2D eigenvalue weighted by Crippen LogP contribution is -2.66. The number of hydrogen-bond donors (Lipinski definition) is 3. The maximum Gasteiger partial charge on any atom is 0.0614 e. The fourth-order valence-corrected chi connectivity index (χ4v) is 11.2. The molecular formula is C30H50O3. The smallest absolute Gasteiger partial charge is 0.0614 e. The van der Waals surface area contributed by atoms with Gasteiger partial charge in [-0.25, -0.2) is 0 Å². The second-order valence-corrected chi connectivity index (χ2v) is 15.0. The fraction of sp³-hybridized carbons (Fsp3) is 0.933. The maximum atomic E-state index is 11.8. The summed E-state index contributed by atoms with van der Waals surface area (Å²) in [6, 6.07) is 0. The van der Waals surface area contributed by atoms with Gasteiger partial charge in [-0.1, -0.05) is 67.0 Å². The number of hydrogen-bond acceptors (Lipinski definition) is 3. The minimum Gasteiger partial charge on any atom is -0.393 e. The number of aliphatic hydroxyl groups is 3. The Morgan fingerprint density at radius 3 is 2.15 bits per heavy atom. The summed E-state index contributed by atoms with van der Waals surface area (Å²) in [5, 5.41) is 34.2. The highest BCUT2D eigenvalue weighted by Gasteiger charge is 2.71. The Balaban J connectivity index is 1.61. The molecule has 33 heavy (non-hydrogen) atoms. The number of rotatable bonds is 1. The molecule has 3 N–H and O–H groups in total. The Hall–Kier alpha value is -0.380. The molecule has 5 aliphatic rings. The Kier molecular flexibility index (Phi) is 5.23. The van der Waals surface area contributed by atoms with Crippen LogP contribution in [0.3, 0.4) is 0 Å². The molecule has 5 aliphatic carbocycles. The lowest BCUT2D eigenvalue weighted by molar-refractivity contribution is -0.202. The van der Waals surface area contributed by atoms with Gasteiger partial charge in [-0.05, 0) is 95.7 Å². The SMILES string of the molecule is CC(C)[C@@H]1C[C@@H](O)[C@H]2[C@@]1(C)CC[C@@]1(C)[C@H]3C(=CC[C@]21C)[C@@]1(C)CCC(O)C(C)(C)[C@@H]1C[C@@H]3O. The quantitative estimate of drug-likeness (QED) is 0.425. The molecule has 0 spiro atoms. The zero-order valence-electron chi connectivity index (χ0n) is 22.5. The topological polar surface area (TPSA) is 60.7 Å². The average molecular weight is 459 g/mol. The molecular weight excluding hydrogens is 408 g/mol. The van der Waals surface area contributed by atoms with Gasteiger partial charge in [-0.15, -0.1) is 0 Å². The van der Waals surface area contributed by atoms with E-state index in [2.05, 4.69) is 61.5 Å². The van der Waals surface area contributed by atoms with Gasteiger partial charge in [0.25, 0.3) is 0 Å². The molecule has 0 aromatic rings. The molecule has 188 valence electrons. The highest BCUT2D eigenvalue weighted by Crippen LogP contribution is 2.76. The normalized spacial score (nSPS) is 57.6. The third-order valence-corrected chi connectivity index (χ3v) is 13.2. The van der Waals surface area contributed by atoms with E-state index in [0.29, 0.717) is 17.8 Å². The van der Waals surface area contributed by atoms with E-state index < -0.39 is 0 Å². The highest BCUT2D eigenvalue weighted by atomic mass is 16.3. The monoisotopic (exact) mass is 458 g/mol. The van der Waals surface area contributed by atoms with Crippen LogP contribution in [0.4, 0.5) is 0 Å². The lowest BCUT2D eigenvalue weighted by Gasteiger charge is -2.70. The summed E-state index contributed by atoms with van der Waals surface area (Å²) in [5.74, 6) is 1.92. The first-order valence-corrected chi connectivity index (χ1v) is 13.9. The molecule has 0 bridgehead atoms. The zero-order chi connectivity index (χ0) is 24.4. The van der Waals surface area contributed by atoms with E-state index in [-0.39, 0.29) is 57.2 Å². The summed E-state index contributed by atoms with van der Waals surface area (Å²) in [5.41, 5.74) is 1.51. The van der Waals surface area contributed by atoms with Crippen molar-refractivity contribution in [3.8, 4) is 0 Å². The molecule has 3 heteroatoms. The second kappa shape index (κ2) is 7.10. The molecule has 5 rings (SSSR count). The van der Waals surface area contributed by atoms with Gasteiger partial charge in [0.05, 0.1) is 18.3 Å². The molecule has 0 radical (unpaired) electrons. The predicted molar refractivity (Wildman–Crippen MR) is 133 cm³/mol. The Morgan fingerprint density at radius 2 is 1.52 bits per heavy atom. The van der Waals surface area contributed by atoms with Crippen LogP contribution in [0.2, 0.25) is 0 Å². The van der Waals surface area contributed by atoms with Crippen molar-refractivity contribution < 1.29 is 15.3 Å². The van der Waals surface area contributed by atoms with Crippen molar-refractivity contribution in [2.75, 3.05) is 0 Å². The van der Waals surface area contributed by atoms with E-state index in [0.717, 1.165) is 44.9 Å². The maximum absolute atomic E-state index is 11.8. The van der Waals surface area contributed by atoms with Crippen LogP contribution in [0.15, 0.2) is 11.6 Å². The van der Waals surface area contributed by atoms with Gasteiger partial charge in [0.2, 0.25) is 0 Å². The van der Waals surface area contributed by atoms with Gasteiger partial charge < -0.3 is 15.3 Å². The third-order valence-electron chi connectivity index (χ3n) is 13.2. The van der Waals surface area contributed by atoms with Gasteiger partial charge in [0.15, 0.2) is 0 Å². The van der Waals surface area contributed by atoms with Crippen LogP contribution in [-0.2, 0) is 0 Å². The predicted octanol–water partition coefficient (Wildman–Crippen LogP) is 5.97. The van der Waals surface area contributed by atoms with Crippen LogP contribution in [0, 0.1) is 56.7 Å². The summed E-state index contributed by atoms with van der Waals surface area (Å²) in [6.07, 6.45) is 8.51. The molecule has 0 aromatic heterocycles. The molecule has 4 fully saturated rings. The summed E-state index contributed by atoms with van der Waals surface area (Å²) >= 11 is 0. The van der Waals surface area contributed by atoms with Crippen molar-refractivity contribution in [3.05, 3.63) is 11.6 Å². The van der Waals surface area contributed by atoms with Crippen molar-refractivity contribution in [2.45, 2.75) is 119 Å². The van der Waals surface area contributed by atoms with Crippen LogP contribution >= 0.6 is 0 Å². The summed E-state index contributed by atoms with van der Waals surface area (Å²) < 4.78 is 0. The van der Waals surface area contributed by atoms with Crippen molar-refractivity contribution in [3.63, 3.8) is 0 Å². The van der Waals surface area contributed by atoms with E-state index in [1.54, 1.807) is 0 Å². The summed E-state index contributed by atoms with van der Waals surface area (Å²) in [6.45, 7) is 19.0. The van der Waals surface area contributed by atoms with E-state index >= 15 is 0 Å². The Bertz CT molecular complexity index is 845. The number of aliphatic hydroxyl groups excluding tert-OH is 3. The standard InChI is InChI=1S/C30H50O3/c1-17(2)19-15-21(32)25-28(19,6)13-14-29(7)24-18(9-12-30(25,29)8)27(5)11-10-23(33)26(3,4)22(27)16-20(24)31/h9,17,19-25,31-33H,10-16H2,1-8H3/t19-,20-,21+,22-,23?,24-,25-,27+,28-,29-,30+/m0/s1. The first-order valence-electron chi connectivity index (χ1n) is 13.9. The van der Waals surface area contributed by atoms with Crippen molar-refractivity contribution in [2.24, 2.45) is 56.7 Å². The van der Waals surface area contributed by atoms with Crippen LogP contribution in [0.5, 0.6) is 0 Å². The largest absolute Gasteiger partial charge is 0.393 e. The van der Waals surface area contributed by atoms with Crippen LogP contribution < -0.4 is 0 Å². The Morgan fingerprint density at radius 1 is 0.848 bits per heavy atom. The first kappa shape index (κ1) is 24.3. The van der Waals surface area contributed by atoms with Crippen molar-refractivity contribution in [1.82, 2.24) is 0 Å². The summed E-state index contributed by atoms with van der Waals surface area (Å²) in [4.78, 5) is 0. The van der Waals surface area contributed by atoms with Gasteiger partial charge in [-0.3, -0.25) is 0 Å². The van der Waals surface area contributed by atoms with E-state index in [1.165, 1.54) is 5.57 Å². The Labute approximate surface area is 202 Å². The van der Waals surface area contributed by atoms with Gasteiger partial charge in [-0.2, -0.15) is 0 Å².